The van der Waals surface area contributed by atoms with Gasteiger partial charge in [0.1, 0.15) is 5.54 Å². The Morgan fingerprint density at radius 1 is 1.33 bits per heavy atom. The van der Waals surface area contributed by atoms with E-state index in [1.54, 1.807) is 13.8 Å². The molecule has 5 heteroatoms. The molecule has 2 fully saturated rings. The maximum Gasteiger partial charge on any atom is 0.330 e. The first-order chi connectivity index (χ1) is 8.45. The number of carbonyl (C=O) groups is 2. The molecular formula is C13H22N2O3. The third kappa shape index (κ3) is 2.36. The van der Waals surface area contributed by atoms with Crippen LogP contribution in [0.1, 0.15) is 33.1 Å². The fraction of sp³-hybridized carbons (Fsp3) is 0.846. The van der Waals surface area contributed by atoms with Crippen LogP contribution in [0.2, 0.25) is 0 Å². The minimum absolute atomic E-state index is 0.0835. The largest absolute Gasteiger partial charge is 0.467 e. The van der Waals surface area contributed by atoms with Gasteiger partial charge in [0.25, 0.3) is 0 Å². The molecule has 1 amide bonds. The molecule has 0 aromatic carbocycles. The minimum Gasteiger partial charge on any atom is -0.467 e. The molecule has 0 aromatic rings. The van der Waals surface area contributed by atoms with Crippen molar-refractivity contribution in [3.8, 4) is 0 Å². The van der Waals surface area contributed by atoms with Crippen LogP contribution in [0.5, 0.6) is 0 Å². The van der Waals surface area contributed by atoms with Crippen LogP contribution < -0.4 is 10.6 Å². The minimum atomic E-state index is -0.968. The van der Waals surface area contributed by atoms with Crippen LogP contribution in [-0.4, -0.2) is 37.1 Å². The van der Waals surface area contributed by atoms with Gasteiger partial charge >= 0.3 is 5.97 Å². The van der Waals surface area contributed by atoms with Crippen LogP contribution in [0.15, 0.2) is 0 Å². The Hall–Kier alpha value is -1.10. The quantitative estimate of drug-likeness (QED) is 0.717. The maximum atomic E-state index is 12.2. The highest BCUT2D eigenvalue weighted by Gasteiger charge is 2.44. The van der Waals surface area contributed by atoms with E-state index in [9.17, 15) is 9.59 Å². The molecule has 2 rings (SSSR count). The van der Waals surface area contributed by atoms with Crippen molar-refractivity contribution in [2.45, 2.75) is 44.7 Å². The summed E-state index contributed by atoms with van der Waals surface area (Å²) in [6.45, 7) is 4.25. The topological polar surface area (TPSA) is 67.4 Å². The highest BCUT2D eigenvalue weighted by molar-refractivity contribution is 5.90. The van der Waals surface area contributed by atoms with Crippen molar-refractivity contribution in [2.24, 2.45) is 11.8 Å². The van der Waals surface area contributed by atoms with Gasteiger partial charge in [-0.2, -0.15) is 0 Å². The van der Waals surface area contributed by atoms with Crippen molar-refractivity contribution in [3.63, 3.8) is 0 Å². The van der Waals surface area contributed by atoms with E-state index in [0.29, 0.717) is 11.8 Å². The van der Waals surface area contributed by atoms with Gasteiger partial charge in [-0.1, -0.05) is 6.42 Å². The summed E-state index contributed by atoms with van der Waals surface area (Å²) in [6.07, 6.45) is 3.53. The second-order valence-corrected chi connectivity index (χ2v) is 5.85. The second kappa shape index (κ2) is 4.88. The van der Waals surface area contributed by atoms with Crippen LogP contribution in [0.3, 0.4) is 0 Å². The summed E-state index contributed by atoms with van der Waals surface area (Å²) in [7, 11) is 1.33. The van der Waals surface area contributed by atoms with Crippen LogP contribution in [0.4, 0.5) is 0 Å². The monoisotopic (exact) mass is 254 g/mol. The lowest BCUT2D eigenvalue weighted by Crippen LogP contribution is -2.56. The predicted octanol–water partition coefficient (Wildman–Crippen LogP) is 0.442. The van der Waals surface area contributed by atoms with Crippen molar-refractivity contribution in [3.05, 3.63) is 0 Å². The average molecular weight is 254 g/mol. The van der Waals surface area contributed by atoms with E-state index < -0.39 is 11.5 Å². The predicted molar refractivity (Wildman–Crippen MR) is 66.9 cm³/mol. The summed E-state index contributed by atoms with van der Waals surface area (Å²) < 4.78 is 4.69. The molecule has 18 heavy (non-hydrogen) atoms. The molecule has 0 radical (unpaired) electrons. The number of nitrogens with one attached hydrogen (secondary N) is 2. The van der Waals surface area contributed by atoms with E-state index in [4.69, 9.17) is 4.74 Å². The maximum absolute atomic E-state index is 12.2. The Morgan fingerprint density at radius 2 is 2.06 bits per heavy atom. The Labute approximate surface area is 108 Å². The van der Waals surface area contributed by atoms with E-state index in [-0.39, 0.29) is 11.9 Å². The number of esters is 1. The zero-order valence-electron chi connectivity index (χ0n) is 11.3. The molecule has 3 atom stereocenters. The van der Waals surface area contributed by atoms with Gasteiger partial charge in [0, 0.05) is 0 Å². The number of carbonyl (C=O) groups excluding carboxylic acids is 2. The second-order valence-electron chi connectivity index (χ2n) is 5.85. The van der Waals surface area contributed by atoms with Crippen molar-refractivity contribution < 1.29 is 14.3 Å². The van der Waals surface area contributed by atoms with Gasteiger partial charge < -0.3 is 15.4 Å². The highest BCUT2D eigenvalue weighted by Crippen LogP contribution is 2.37. The van der Waals surface area contributed by atoms with Gasteiger partial charge in [-0.15, -0.1) is 0 Å². The summed E-state index contributed by atoms with van der Waals surface area (Å²) in [4.78, 5) is 23.8. The van der Waals surface area contributed by atoms with Gasteiger partial charge in [-0.05, 0) is 45.1 Å². The molecule has 1 heterocycles. The summed E-state index contributed by atoms with van der Waals surface area (Å²) in [5.41, 5.74) is -0.968. The average Bonchev–Trinajstić information content (AvgIpc) is 2.88. The number of fused-ring (bicyclic) bond motifs is 1. The van der Waals surface area contributed by atoms with Gasteiger partial charge in [-0.3, -0.25) is 4.79 Å². The molecular weight excluding hydrogens is 232 g/mol. The zero-order chi connectivity index (χ0) is 13.3. The molecule has 1 saturated heterocycles. The lowest BCUT2D eigenvalue weighted by molar-refractivity contribution is -0.149. The standard InChI is InChI=1S/C13H22N2O3/c1-13(2,12(17)18-3)15-11(16)10-9-6-4-5-8(9)7-14-10/h8-10,14H,4-7H2,1-3H3,(H,15,16). The summed E-state index contributed by atoms with van der Waals surface area (Å²) in [6, 6.07) is -0.151. The SMILES string of the molecule is COC(=O)C(C)(C)NC(=O)C1NCC2CCCC21. The van der Waals surface area contributed by atoms with E-state index in [0.717, 1.165) is 13.0 Å². The number of rotatable bonds is 3. The van der Waals surface area contributed by atoms with Gasteiger partial charge in [-0.25, -0.2) is 4.79 Å². The number of methoxy groups -OCH3 is 1. The van der Waals surface area contributed by atoms with Gasteiger partial charge in [0.15, 0.2) is 0 Å². The molecule has 102 valence electrons. The third-order valence-electron chi connectivity index (χ3n) is 4.16. The smallest absolute Gasteiger partial charge is 0.330 e. The Balaban J connectivity index is 1.98. The van der Waals surface area contributed by atoms with Crippen LogP contribution in [-0.2, 0) is 14.3 Å². The van der Waals surface area contributed by atoms with E-state index in [1.165, 1.54) is 20.0 Å². The van der Waals surface area contributed by atoms with E-state index >= 15 is 0 Å². The Morgan fingerprint density at radius 3 is 2.72 bits per heavy atom. The summed E-state index contributed by atoms with van der Waals surface area (Å²) in [5, 5.41) is 6.06. The van der Waals surface area contributed by atoms with E-state index in [2.05, 4.69) is 10.6 Å². The zero-order valence-corrected chi connectivity index (χ0v) is 11.3. The molecule has 1 saturated carbocycles. The molecule has 1 aliphatic carbocycles. The Bertz CT molecular complexity index is 354. The molecule has 2 aliphatic rings. The van der Waals surface area contributed by atoms with Crippen molar-refractivity contribution in [2.75, 3.05) is 13.7 Å². The lowest BCUT2D eigenvalue weighted by atomic mass is 9.93. The number of ether oxygens (including phenoxy) is 1. The van der Waals surface area contributed by atoms with Crippen LogP contribution in [0, 0.1) is 11.8 Å². The van der Waals surface area contributed by atoms with Crippen LogP contribution in [0.25, 0.3) is 0 Å². The normalized spacial score (nSPS) is 30.9. The van der Waals surface area contributed by atoms with E-state index in [1.807, 2.05) is 0 Å². The molecule has 3 unspecified atom stereocenters. The fourth-order valence-corrected chi connectivity index (χ4v) is 3.17. The number of hydrogen-bond donors (Lipinski definition) is 2. The molecule has 0 bridgehead atoms. The first kappa shape index (κ1) is 13.3. The highest BCUT2D eigenvalue weighted by atomic mass is 16.5. The third-order valence-corrected chi connectivity index (χ3v) is 4.16. The Kier molecular flexibility index (Phi) is 3.61. The number of hydrogen-bond acceptors (Lipinski definition) is 4. The van der Waals surface area contributed by atoms with Crippen molar-refractivity contribution >= 4 is 11.9 Å². The van der Waals surface area contributed by atoms with Gasteiger partial charge in [0.2, 0.25) is 5.91 Å². The van der Waals surface area contributed by atoms with Crippen molar-refractivity contribution in [1.82, 2.24) is 10.6 Å². The lowest BCUT2D eigenvalue weighted by Gasteiger charge is -2.26. The first-order valence-electron chi connectivity index (χ1n) is 6.59. The molecule has 0 aromatic heterocycles. The molecule has 5 nitrogen and oxygen atoms in total. The summed E-state index contributed by atoms with van der Waals surface area (Å²) in [5.74, 6) is 0.553. The molecule has 2 N–H and O–H groups in total. The summed E-state index contributed by atoms with van der Waals surface area (Å²) >= 11 is 0. The van der Waals surface area contributed by atoms with Gasteiger partial charge in [0.05, 0.1) is 13.2 Å². The molecule has 0 spiro atoms. The van der Waals surface area contributed by atoms with Crippen molar-refractivity contribution in [1.29, 1.82) is 0 Å². The first-order valence-corrected chi connectivity index (χ1v) is 6.59. The molecule has 1 aliphatic heterocycles. The van der Waals surface area contributed by atoms with Crippen LogP contribution >= 0.6 is 0 Å². The fourth-order valence-electron chi connectivity index (χ4n) is 3.17. The number of amides is 1.